The molecule has 0 atom stereocenters. The minimum absolute atomic E-state index is 0.0121. The summed E-state index contributed by atoms with van der Waals surface area (Å²) in [5.74, 6) is 0. The number of rotatable bonds is 6. The monoisotopic (exact) mass is 414 g/mol. The Morgan fingerprint density at radius 3 is 1.65 bits per heavy atom. The van der Waals surface area contributed by atoms with Gasteiger partial charge in [-0.15, -0.1) is 0 Å². The predicted molar refractivity (Wildman–Crippen MR) is 96.5 cm³/mol. The van der Waals surface area contributed by atoms with E-state index in [1.54, 1.807) is 0 Å². The molecule has 0 unspecified atom stereocenters. The second-order valence-corrected chi connectivity index (χ2v) is 10.3. The molecule has 0 saturated heterocycles. The summed E-state index contributed by atoms with van der Waals surface area (Å²) in [7, 11) is -12.3. The third kappa shape index (κ3) is 3.93. The molecule has 0 aliphatic heterocycles. The van der Waals surface area contributed by atoms with Crippen molar-refractivity contribution in [3.05, 3.63) is 66.4 Å². The van der Waals surface area contributed by atoms with Gasteiger partial charge in [-0.2, -0.15) is 8.42 Å². The molecule has 0 aliphatic rings. The van der Waals surface area contributed by atoms with Crippen LogP contribution in [0.25, 0.3) is 11.1 Å². The summed E-state index contributed by atoms with van der Waals surface area (Å²) >= 11 is 0. The lowest BCUT2D eigenvalue weighted by atomic mass is 10.1. The van der Waals surface area contributed by atoms with Gasteiger partial charge in [0.15, 0.2) is 19.7 Å². The predicted octanol–water partition coefficient (Wildman–Crippen LogP) is 2.43. The van der Waals surface area contributed by atoms with E-state index in [4.69, 9.17) is 0 Å². The zero-order chi connectivity index (χ0) is 19.8. The molecular weight excluding hydrogens is 400 g/mol. The molecule has 0 fully saturated rings. The Hall–Kier alpha value is -2.27. The molecule has 2 aromatic rings. The van der Waals surface area contributed by atoms with E-state index < -0.39 is 34.7 Å². The van der Waals surface area contributed by atoms with E-state index >= 15 is 0 Å². The Bertz CT molecular complexity index is 1190. The summed E-state index contributed by atoms with van der Waals surface area (Å²) in [4.78, 5) is -1.02. The van der Waals surface area contributed by atoms with Crippen LogP contribution in [0.1, 0.15) is 0 Å². The van der Waals surface area contributed by atoms with Crippen molar-refractivity contribution in [2.45, 2.75) is 14.7 Å². The highest BCUT2D eigenvalue weighted by atomic mass is 32.2. The summed E-state index contributed by atoms with van der Waals surface area (Å²) in [5, 5.41) is 1.44. The van der Waals surface area contributed by atoms with Gasteiger partial charge in [-0.25, -0.2) is 16.8 Å². The molecule has 0 bridgehead atoms. The maximum absolute atomic E-state index is 11.8. The van der Waals surface area contributed by atoms with Gasteiger partial charge in [0.25, 0.3) is 10.1 Å². The van der Waals surface area contributed by atoms with Gasteiger partial charge in [-0.3, -0.25) is 4.55 Å². The third-order valence-electron chi connectivity index (χ3n) is 3.49. The maximum Gasteiger partial charge on any atom is 0.295 e. The standard InChI is InChI=1S/C16H14O7S3/c1-3-24(17,18)13-7-5-12(6-8-13)15-10-9-14(25(19,20)4-2)11-16(15)26(21,22)23/h3-11H,1-2H2,(H,21,22,23). The molecule has 2 rings (SSSR count). The lowest BCUT2D eigenvalue weighted by Gasteiger charge is -2.10. The Labute approximate surface area is 151 Å². The summed E-state index contributed by atoms with van der Waals surface area (Å²) < 4.78 is 80.0. The van der Waals surface area contributed by atoms with Crippen LogP contribution in [-0.2, 0) is 29.8 Å². The highest BCUT2D eigenvalue weighted by Crippen LogP contribution is 2.31. The summed E-state index contributed by atoms with van der Waals surface area (Å²) in [5.41, 5.74) is 0.279. The van der Waals surface area contributed by atoms with Crippen LogP contribution in [0.4, 0.5) is 0 Å². The van der Waals surface area contributed by atoms with Crippen LogP contribution in [0, 0.1) is 0 Å². The van der Waals surface area contributed by atoms with E-state index in [-0.39, 0.29) is 20.9 Å². The molecule has 0 saturated carbocycles. The van der Waals surface area contributed by atoms with Crippen molar-refractivity contribution in [2.24, 2.45) is 0 Å². The van der Waals surface area contributed by atoms with Crippen molar-refractivity contribution < 1.29 is 29.8 Å². The fourth-order valence-corrected chi connectivity index (χ4v) is 4.40. The van der Waals surface area contributed by atoms with E-state index in [0.29, 0.717) is 5.41 Å². The average Bonchev–Trinajstić information content (AvgIpc) is 2.60. The molecule has 0 aliphatic carbocycles. The van der Waals surface area contributed by atoms with Gasteiger partial charge in [0.2, 0.25) is 0 Å². The van der Waals surface area contributed by atoms with E-state index in [1.807, 2.05) is 0 Å². The molecule has 2 aromatic carbocycles. The SMILES string of the molecule is C=CS(=O)(=O)c1ccc(-c2ccc(S(=O)(=O)C=C)cc2S(=O)(=O)O)cc1. The van der Waals surface area contributed by atoms with Gasteiger partial charge >= 0.3 is 0 Å². The maximum atomic E-state index is 11.8. The number of sulfone groups is 2. The molecular formula is C16H14O7S3. The molecule has 0 spiro atoms. The van der Waals surface area contributed by atoms with Crippen LogP contribution in [0.3, 0.4) is 0 Å². The van der Waals surface area contributed by atoms with Crippen LogP contribution in [0.5, 0.6) is 0 Å². The number of hydrogen-bond donors (Lipinski definition) is 1. The Morgan fingerprint density at radius 1 is 0.731 bits per heavy atom. The summed E-state index contributed by atoms with van der Waals surface area (Å²) in [6.07, 6.45) is 0. The van der Waals surface area contributed by atoms with Gasteiger partial charge < -0.3 is 0 Å². The van der Waals surface area contributed by atoms with Crippen LogP contribution in [0.15, 0.2) is 81.1 Å². The van der Waals surface area contributed by atoms with Crippen molar-refractivity contribution >= 4 is 29.8 Å². The summed E-state index contributed by atoms with van der Waals surface area (Å²) in [6.45, 7) is 6.37. The molecule has 0 aromatic heterocycles. The van der Waals surface area contributed by atoms with Crippen molar-refractivity contribution in [3.8, 4) is 11.1 Å². The first-order valence-electron chi connectivity index (χ1n) is 6.89. The second-order valence-electron chi connectivity index (χ2n) is 5.08. The first-order chi connectivity index (χ1) is 11.9. The molecule has 7 nitrogen and oxygen atoms in total. The molecule has 0 heterocycles. The minimum Gasteiger partial charge on any atom is -0.282 e. The minimum atomic E-state index is -4.75. The van der Waals surface area contributed by atoms with Crippen molar-refractivity contribution in [3.63, 3.8) is 0 Å². The smallest absolute Gasteiger partial charge is 0.282 e. The van der Waals surface area contributed by atoms with Gasteiger partial charge in [0.05, 0.1) is 9.79 Å². The van der Waals surface area contributed by atoms with Crippen LogP contribution >= 0.6 is 0 Å². The fraction of sp³-hybridized carbons (Fsp3) is 0. The molecule has 26 heavy (non-hydrogen) atoms. The van der Waals surface area contributed by atoms with E-state index in [9.17, 15) is 29.8 Å². The Morgan fingerprint density at radius 2 is 1.19 bits per heavy atom. The van der Waals surface area contributed by atoms with Gasteiger partial charge in [-0.1, -0.05) is 31.4 Å². The Balaban J connectivity index is 2.71. The molecule has 0 amide bonds. The molecule has 0 radical (unpaired) electrons. The first-order valence-corrected chi connectivity index (χ1v) is 11.4. The molecule has 10 heteroatoms. The van der Waals surface area contributed by atoms with Crippen LogP contribution in [0.2, 0.25) is 0 Å². The average molecular weight is 414 g/mol. The van der Waals surface area contributed by atoms with Gasteiger partial charge in [-0.05, 0) is 29.8 Å². The zero-order valence-corrected chi connectivity index (χ0v) is 15.7. The highest BCUT2D eigenvalue weighted by Gasteiger charge is 2.21. The third-order valence-corrected chi connectivity index (χ3v) is 7.10. The fourth-order valence-electron chi connectivity index (χ4n) is 2.15. The van der Waals surface area contributed by atoms with Crippen LogP contribution in [-0.4, -0.2) is 29.8 Å². The first kappa shape index (κ1) is 20.0. The van der Waals surface area contributed by atoms with E-state index in [1.165, 1.54) is 30.3 Å². The lowest BCUT2D eigenvalue weighted by molar-refractivity contribution is 0.483. The topological polar surface area (TPSA) is 123 Å². The second kappa shape index (κ2) is 6.80. The van der Waals surface area contributed by atoms with Gasteiger partial charge in [0.1, 0.15) is 4.90 Å². The highest BCUT2D eigenvalue weighted by molar-refractivity contribution is 7.94. The normalized spacial score (nSPS) is 12.5. The summed E-state index contributed by atoms with van der Waals surface area (Å²) in [6, 6.07) is 8.34. The van der Waals surface area contributed by atoms with E-state index in [0.717, 1.165) is 17.5 Å². The van der Waals surface area contributed by atoms with Gasteiger partial charge in [0, 0.05) is 16.4 Å². The Kier molecular flexibility index (Phi) is 5.24. The van der Waals surface area contributed by atoms with Crippen molar-refractivity contribution in [1.82, 2.24) is 0 Å². The largest absolute Gasteiger partial charge is 0.295 e. The number of hydrogen-bond acceptors (Lipinski definition) is 6. The van der Waals surface area contributed by atoms with Crippen molar-refractivity contribution in [1.29, 1.82) is 0 Å². The van der Waals surface area contributed by atoms with Crippen LogP contribution < -0.4 is 0 Å². The van der Waals surface area contributed by atoms with Crippen molar-refractivity contribution in [2.75, 3.05) is 0 Å². The quantitative estimate of drug-likeness (QED) is 0.720. The molecule has 138 valence electrons. The molecule has 1 N–H and O–H groups in total. The zero-order valence-electron chi connectivity index (χ0n) is 13.2. The van der Waals surface area contributed by atoms with E-state index in [2.05, 4.69) is 13.2 Å². The lowest BCUT2D eigenvalue weighted by Crippen LogP contribution is -2.04. The number of benzene rings is 2.